The molecule has 2 heterocycles. The molecule has 0 bridgehead atoms. The second-order valence-corrected chi connectivity index (χ2v) is 5.71. The number of nitrogens with zero attached hydrogens (tertiary/aromatic N) is 3. The van der Waals surface area contributed by atoms with Crippen molar-refractivity contribution in [1.82, 2.24) is 14.7 Å². The summed E-state index contributed by atoms with van der Waals surface area (Å²) in [5, 5.41) is 4.21. The fourth-order valence-corrected chi connectivity index (χ4v) is 2.70. The molecule has 0 aliphatic carbocycles. The van der Waals surface area contributed by atoms with E-state index in [-0.39, 0.29) is 12.0 Å². The summed E-state index contributed by atoms with van der Waals surface area (Å²) in [6.45, 7) is 4.07. The van der Waals surface area contributed by atoms with Crippen molar-refractivity contribution in [2.45, 2.75) is 32.4 Å². The van der Waals surface area contributed by atoms with E-state index in [9.17, 15) is 4.79 Å². The monoisotopic (exact) mass is 299 g/mol. The molecular formula is C17H21N3O2. The van der Waals surface area contributed by atoms with E-state index in [0.29, 0.717) is 19.5 Å². The molecule has 1 aromatic carbocycles. The Balaban J connectivity index is 1.46. The highest BCUT2D eigenvalue weighted by Crippen LogP contribution is 2.18. The van der Waals surface area contributed by atoms with Crippen molar-refractivity contribution in [2.75, 3.05) is 13.1 Å². The number of hydrogen-bond acceptors (Lipinski definition) is 3. The lowest BCUT2D eigenvalue weighted by atomic mass is 10.3. The van der Waals surface area contributed by atoms with Gasteiger partial charge in [0.1, 0.15) is 11.9 Å². The first-order valence-corrected chi connectivity index (χ1v) is 7.69. The lowest BCUT2D eigenvalue weighted by molar-refractivity contribution is -0.130. The number of rotatable bonds is 5. The standard InChI is InChI=1S/C17H21N3O2/c1-14-11-18-20(12-14)10-8-17(21)19-9-7-16(13-19)22-15-5-3-2-4-6-15/h2-6,11-12,16H,7-10,13H2,1H3. The topological polar surface area (TPSA) is 47.4 Å². The van der Waals surface area contributed by atoms with Crippen LogP contribution in [0.2, 0.25) is 0 Å². The third-order valence-electron chi connectivity index (χ3n) is 3.86. The molecule has 1 fully saturated rings. The number of hydrogen-bond donors (Lipinski definition) is 0. The summed E-state index contributed by atoms with van der Waals surface area (Å²) in [5.74, 6) is 1.04. The average Bonchev–Trinajstić information content (AvgIpc) is 3.15. The minimum atomic E-state index is 0.0956. The molecule has 1 aromatic heterocycles. The summed E-state index contributed by atoms with van der Waals surface area (Å²) in [6.07, 6.45) is 5.24. The maximum atomic E-state index is 12.3. The summed E-state index contributed by atoms with van der Waals surface area (Å²) < 4.78 is 7.73. The lowest BCUT2D eigenvalue weighted by Crippen LogP contribution is -2.31. The van der Waals surface area contributed by atoms with Crippen LogP contribution in [-0.2, 0) is 11.3 Å². The van der Waals surface area contributed by atoms with Gasteiger partial charge in [0.05, 0.1) is 12.7 Å². The maximum Gasteiger partial charge on any atom is 0.224 e. The van der Waals surface area contributed by atoms with E-state index in [1.165, 1.54) is 0 Å². The Morgan fingerprint density at radius 2 is 2.18 bits per heavy atom. The van der Waals surface area contributed by atoms with Gasteiger partial charge in [-0.1, -0.05) is 18.2 Å². The number of likely N-dealkylation sites (tertiary alicyclic amines) is 1. The molecule has 1 unspecified atom stereocenters. The number of aryl methyl sites for hydroxylation is 2. The zero-order valence-corrected chi connectivity index (χ0v) is 12.8. The lowest BCUT2D eigenvalue weighted by Gasteiger charge is -2.17. The third kappa shape index (κ3) is 3.67. The molecule has 116 valence electrons. The molecular weight excluding hydrogens is 278 g/mol. The first-order valence-electron chi connectivity index (χ1n) is 7.69. The van der Waals surface area contributed by atoms with E-state index in [2.05, 4.69) is 5.10 Å². The molecule has 0 N–H and O–H groups in total. The highest BCUT2D eigenvalue weighted by Gasteiger charge is 2.27. The number of benzene rings is 1. The summed E-state index contributed by atoms with van der Waals surface area (Å²) >= 11 is 0. The van der Waals surface area contributed by atoms with Crippen molar-refractivity contribution in [3.8, 4) is 5.75 Å². The largest absolute Gasteiger partial charge is 0.489 e. The SMILES string of the molecule is Cc1cnn(CCC(=O)N2CCC(Oc3ccccc3)C2)c1. The van der Waals surface area contributed by atoms with Gasteiger partial charge in [0.15, 0.2) is 0 Å². The van der Waals surface area contributed by atoms with Gasteiger partial charge in [-0.15, -0.1) is 0 Å². The number of carbonyl (C=O) groups is 1. The molecule has 0 spiro atoms. The number of ether oxygens (including phenoxy) is 1. The predicted octanol–water partition coefficient (Wildman–Crippen LogP) is 2.26. The number of aromatic nitrogens is 2. The van der Waals surface area contributed by atoms with Crippen molar-refractivity contribution in [2.24, 2.45) is 0 Å². The van der Waals surface area contributed by atoms with Crippen LogP contribution in [0.15, 0.2) is 42.7 Å². The molecule has 0 saturated carbocycles. The van der Waals surface area contributed by atoms with E-state index in [1.807, 2.05) is 59.2 Å². The molecule has 0 radical (unpaired) electrons. The maximum absolute atomic E-state index is 12.3. The highest BCUT2D eigenvalue weighted by atomic mass is 16.5. The Kier molecular flexibility index (Phi) is 4.42. The van der Waals surface area contributed by atoms with Crippen LogP contribution in [0.3, 0.4) is 0 Å². The van der Waals surface area contributed by atoms with Gasteiger partial charge in [-0.2, -0.15) is 5.10 Å². The minimum Gasteiger partial charge on any atom is -0.489 e. The van der Waals surface area contributed by atoms with Crippen LogP contribution >= 0.6 is 0 Å². The van der Waals surface area contributed by atoms with E-state index in [0.717, 1.165) is 24.3 Å². The van der Waals surface area contributed by atoms with Crippen LogP contribution in [0.5, 0.6) is 5.75 Å². The Hall–Kier alpha value is -2.30. The van der Waals surface area contributed by atoms with E-state index in [1.54, 1.807) is 0 Å². The molecule has 1 atom stereocenters. The Bertz CT molecular complexity index is 624. The normalized spacial score (nSPS) is 17.7. The van der Waals surface area contributed by atoms with Gasteiger partial charge in [-0.3, -0.25) is 9.48 Å². The summed E-state index contributed by atoms with van der Waals surface area (Å²) in [4.78, 5) is 14.1. The van der Waals surface area contributed by atoms with Crippen molar-refractivity contribution >= 4 is 5.91 Å². The molecule has 1 saturated heterocycles. The smallest absolute Gasteiger partial charge is 0.224 e. The second kappa shape index (κ2) is 6.64. The van der Waals surface area contributed by atoms with Gasteiger partial charge >= 0.3 is 0 Å². The Labute approximate surface area is 130 Å². The molecule has 2 aromatic rings. The van der Waals surface area contributed by atoms with Gasteiger partial charge in [0.25, 0.3) is 0 Å². The van der Waals surface area contributed by atoms with Crippen LogP contribution < -0.4 is 4.74 Å². The summed E-state index contributed by atoms with van der Waals surface area (Å²) in [5.41, 5.74) is 1.12. The summed E-state index contributed by atoms with van der Waals surface area (Å²) in [7, 11) is 0. The zero-order valence-electron chi connectivity index (χ0n) is 12.8. The molecule has 5 nitrogen and oxygen atoms in total. The minimum absolute atomic E-state index is 0.0956. The number of amides is 1. The van der Waals surface area contributed by atoms with Gasteiger partial charge in [0, 0.05) is 32.1 Å². The first kappa shape index (κ1) is 14.6. The highest BCUT2D eigenvalue weighted by molar-refractivity contribution is 5.76. The molecule has 3 rings (SSSR count). The molecule has 22 heavy (non-hydrogen) atoms. The Morgan fingerprint density at radius 3 is 2.91 bits per heavy atom. The van der Waals surface area contributed by atoms with Gasteiger partial charge in [0.2, 0.25) is 5.91 Å². The van der Waals surface area contributed by atoms with Gasteiger partial charge in [-0.05, 0) is 24.6 Å². The summed E-state index contributed by atoms with van der Waals surface area (Å²) in [6, 6.07) is 9.78. The van der Waals surface area contributed by atoms with Crippen LogP contribution in [0.1, 0.15) is 18.4 Å². The van der Waals surface area contributed by atoms with Gasteiger partial charge in [-0.25, -0.2) is 0 Å². The average molecular weight is 299 g/mol. The fraction of sp³-hybridized carbons (Fsp3) is 0.412. The predicted molar refractivity (Wildman–Crippen MR) is 83.6 cm³/mol. The van der Waals surface area contributed by atoms with Crippen LogP contribution in [0.4, 0.5) is 0 Å². The molecule has 1 aliphatic rings. The van der Waals surface area contributed by atoms with Crippen molar-refractivity contribution in [1.29, 1.82) is 0 Å². The van der Waals surface area contributed by atoms with Crippen LogP contribution in [0, 0.1) is 6.92 Å². The zero-order chi connectivity index (χ0) is 15.4. The number of carbonyl (C=O) groups excluding carboxylic acids is 1. The van der Waals surface area contributed by atoms with Crippen molar-refractivity contribution in [3.05, 3.63) is 48.3 Å². The van der Waals surface area contributed by atoms with Crippen LogP contribution in [-0.4, -0.2) is 39.8 Å². The van der Waals surface area contributed by atoms with E-state index in [4.69, 9.17) is 4.74 Å². The van der Waals surface area contributed by atoms with E-state index < -0.39 is 0 Å². The molecule has 1 aliphatic heterocycles. The first-order chi connectivity index (χ1) is 10.7. The number of para-hydroxylation sites is 1. The third-order valence-corrected chi connectivity index (χ3v) is 3.86. The van der Waals surface area contributed by atoms with Crippen LogP contribution in [0.25, 0.3) is 0 Å². The fourth-order valence-electron chi connectivity index (χ4n) is 2.70. The second-order valence-electron chi connectivity index (χ2n) is 5.71. The molecule has 5 heteroatoms. The molecule has 1 amide bonds. The quantitative estimate of drug-likeness (QED) is 0.851. The van der Waals surface area contributed by atoms with Crippen molar-refractivity contribution in [3.63, 3.8) is 0 Å². The van der Waals surface area contributed by atoms with Crippen molar-refractivity contribution < 1.29 is 9.53 Å². The van der Waals surface area contributed by atoms with E-state index >= 15 is 0 Å². The van der Waals surface area contributed by atoms with Gasteiger partial charge < -0.3 is 9.64 Å². The Morgan fingerprint density at radius 1 is 1.36 bits per heavy atom.